The van der Waals surface area contributed by atoms with Crippen molar-refractivity contribution in [3.8, 4) is 5.75 Å². The molecule has 2 aromatic carbocycles. The molecule has 31 heavy (non-hydrogen) atoms. The van der Waals surface area contributed by atoms with Crippen LogP contribution in [0.4, 0.5) is 11.4 Å². The molecule has 7 nitrogen and oxygen atoms in total. The van der Waals surface area contributed by atoms with E-state index in [0.717, 1.165) is 24.1 Å². The lowest BCUT2D eigenvalue weighted by molar-refractivity contribution is -0.120. The van der Waals surface area contributed by atoms with Crippen LogP contribution in [-0.2, 0) is 25.8 Å². The van der Waals surface area contributed by atoms with Crippen LogP contribution in [0.15, 0.2) is 47.4 Å². The van der Waals surface area contributed by atoms with Gasteiger partial charge in [-0.2, -0.15) is 0 Å². The zero-order valence-corrected chi connectivity index (χ0v) is 18.4. The van der Waals surface area contributed by atoms with Crippen LogP contribution in [0.1, 0.15) is 31.7 Å². The number of anilines is 2. The van der Waals surface area contributed by atoms with Crippen LogP contribution in [0.2, 0.25) is 0 Å². The molecule has 0 saturated heterocycles. The maximum absolute atomic E-state index is 12.8. The van der Waals surface area contributed by atoms with E-state index in [1.807, 2.05) is 11.8 Å². The van der Waals surface area contributed by atoms with E-state index >= 15 is 0 Å². The Morgan fingerprint density at radius 1 is 1.16 bits per heavy atom. The Kier molecular flexibility index (Phi) is 5.75. The van der Waals surface area contributed by atoms with Crippen molar-refractivity contribution in [2.75, 3.05) is 23.1 Å². The third-order valence-electron chi connectivity index (χ3n) is 5.77. The summed E-state index contributed by atoms with van der Waals surface area (Å²) in [6, 6.07) is 11.9. The van der Waals surface area contributed by atoms with E-state index in [1.54, 1.807) is 36.4 Å². The minimum absolute atomic E-state index is 0.0210. The van der Waals surface area contributed by atoms with Gasteiger partial charge in [0.1, 0.15) is 5.75 Å². The highest BCUT2D eigenvalue weighted by atomic mass is 32.2. The number of amides is 2. The summed E-state index contributed by atoms with van der Waals surface area (Å²) >= 11 is 0. The van der Waals surface area contributed by atoms with Gasteiger partial charge in [0, 0.05) is 24.1 Å². The molecule has 1 unspecified atom stereocenters. The van der Waals surface area contributed by atoms with Crippen molar-refractivity contribution in [1.29, 1.82) is 0 Å². The van der Waals surface area contributed by atoms with Crippen LogP contribution >= 0.6 is 0 Å². The van der Waals surface area contributed by atoms with E-state index in [9.17, 15) is 18.0 Å². The van der Waals surface area contributed by atoms with E-state index < -0.39 is 15.7 Å². The van der Waals surface area contributed by atoms with Crippen LogP contribution in [0, 0.1) is 5.92 Å². The molecule has 4 rings (SSSR count). The first-order valence-electron chi connectivity index (χ1n) is 10.4. The first kappa shape index (κ1) is 21.4. The Morgan fingerprint density at radius 2 is 1.90 bits per heavy atom. The molecule has 0 bridgehead atoms. The van der Waals surface area contributed by atoms with Gasteiger partial charge in [-0.1, -0.05) is 12.1 Å². The average molecular weight is 443 g/mol. The number of hydrogen-bond donors (Lipinski definition) is 1. The molecule has 1 aliphatic carbocycles. The van der Waals surface area contributed by atoms with Crippen molar-refractivity contribution < 1.29 is 22.7 Å². The molecule has 2 aromatic rings. The van der Waals surface area contributed by atoms with Crippen LogP contribution < -0.4 is 15.0 Å². The Labute approximate surface area is 182 Å². The van der Waals surface area contributed by atoms with Gasteiger partial charge in [0.15, 0.2) is 9.84 Å². The van der Waals surface area contributed by atoms with Crippen LogP contribution in [0.3, 0.4) is 0 Å². The molecular formula is C23H26N2O5S. The fraction of sp³-hybridized carbons (Fsp3) is 0.391. The second-order valence-electron chi connectivity index (χ2n) is 8.14. The van der Waals surface area contributed by atoms with Crippen molar-refractivity contribution in [3.05, 3.63) is 48.0 Å². The number of ether oxygens (including phenoxy) is 1. The Hall–Kier alpha value is -2.87. The van der Waals surface area contributed by atoms with Gasteiger partial charge in [0.2, 0.25) is 11.8 Å². The van der Waals surface area contributed by atoms with Crippen molar-refractivity contribution in [3.63, 3.8) is 0 Å². The molecule has 0 radical (unpaired) electrons. The summed E-state index contributed by atoms with van der Waals surface area (Å²) < 4.78 is 30.9. The minimum atomic E-state index is -3.64. The van der Waals surface area contributed by atoms with Gasteiger partial charge in [-0.3, -0.25) is 9.59 Å². The van der Waals surface area contributed by atoms with Crippen LogP contribution in [0.25, 0.3) is 0 Å². The summed E-state index contributed by atoms with van der Waals surface area (Å²) in [5, 5.41) is 2.70. The van der Waals surface area contributed by atoms with E-state index in [-0.39, 0.29) is 34.9 Å². The normalized spacial score (nSPS) is 17.9. The second kappa shape index (κ2) is 8.34. The number of benzene rings is 2. The lowest BCUT2D eigenvalue weighted by Crippen LogP contribution is -2.36. The summed E-state index contributed by atoms with van der Waals surface area (Å²) in [5.41, 5.74) is 2.16. The largest absolute Gasteiger partial charge is 0.495 e. The lowest BCUT2D eigenvalue weighted by atomic mass is 10.1. The lowest BCUT2D eigenvalue weighted by Gasteiger charge is -2.22. The molecule has 1 heterocycles. The zero-order chi connectivity index (χ0) is 22.2. The van der Waals surface area contributed by atoms with Gasteiger partial charge < -0.3 is 15.0 Å². The molecule has 2 amide bonds. The van der Waals surface area contributed by atoms with Crippen LogP contribution in [0.5, 0.6) is 5.75 Å². The van der Waals surface area contributed by atoms with Gasteiger partial charge in [-0.05, 0) is 62.1 Å². The summed E-state index contributed by atoms with van der Waals surface area (Å²) in [6.07, 6.45) is 2.33. The number of fused-ring (bicyclic) bond motifs is 1. The SMILES string of the molecule is COc1ccccc1NC(=O)CCS(=O)(=O)c1ccc2c(c1)CC(C)N2C(=O)C1CC1. The smallest absolute Gasteiger partial charge is 0.230 e. The predicted octanol–water partition coefficient (Wildman–Crippen LogP) is 3.19. The van der Waals surface area contributed by atoms with Gasteiger partial charge >= 0.3 is 0 Å². The molecule has 1 atom stereocenters. The number of nitrogens with zero attached hydrogens (tertiary/aromatic N) is 1. The topological polar surface area (TPSA) is 92.8 Å². The molecule has 2 aliphatic rings. The Morgan fingerprint density at radius 3 is 2.61 bits per heavy atom. The first-order chi connectivity index (χ1) is 14.8. The summed E-state index contributed by atoms with van der Waals surface area (Å²) in [4.78, 5) is 26.9. The van der Waals surface area contributed by atoms with Crippen molar-refractivity contribution in [1.82, 2.24) is 0 Å². The third-order valence-corrected chi connectivity index (χ3v) is 7.48. The van der Waals surface area contributed by atoms with Crippen LogP contribution in [-0.4, -0.2) is 39.1 Å². The standard InChI is InChI=1S/C23H26N2O5S/c1-15-13-17-14-18(9-10-20(17)25(15)23(27)16-7-8-16)31(28,29)12-11-22(26)24-19-5-3-4-6-21(19)30-2/h3-6,9-10,14-16H,7-8,11-13H2,1-2H3,(H,24,26). The Bertz CT molecular complexity index is 1120. The molecule has 164 valence electrons. The molecule has 0 aromatic heterocycles. The molecular weight excluding hydrogens is 416 g/mol. The quantitative estimate of drug-likeness (QED) is 0.711. The Balaban J connectivity index is 1.44. The highest BCUT2D eigenvalue weighted by Crippen LogP contribution is 2.39. The van der Waals surface area contributed by atoms with E-state index in [0.29, 0.717) is 17.9 Å². The fourth-order valence-electron chi connectivity index (χ4n) is 3.97. The van der Waals surface area contributed by atoms with Gasteiger partial charge in [0.25, 0.3) is 0 Å². The number of rotatable bonds is 7. The average Bonchev–Trinajstić information content (AvgIpc) is 3.54. The number of para-hydroxylation sites is 2. The number of sulfone groups is 1. The van der Waals surface area contributed by atoms with E-state index in [2.05, 4.69) is 5.32 Å². The predicted molar refractivity (Wildman–Crippen MR) is 118 cm³/mol. The van der Waals surface area contributed by atoms with E-state index in [1.165, 1.54) is 13.2 Å². The molecule has 1 N–H and O–H groups in total. The number of nitrogens with one attached hydrogen (secondary N) is 1. The highest BCUT2D eigenvalue weighted by Gasteiger charge is 2.39. The van der Waals surface area contributed by atoms with Gasteiger partial charge in [-0.15, -0.1) is 0 Å². The number of carbonyl (C=O) groups excluding carboxylic acids is 2. The number of hydrogen-bond acceptors (Lipinski definition) is 5. The maximum Gasteiger partial charge on any atom is 0.230 e. The molecule has 1 aliphatic heterocycles. The number of methoxy groups -OCH3 is 1. The summed E-state index contributed by atoms with van der Waals surface area (Å²) in [7, 11) is -2.14. The molecule has 1 fully saturated rings. The number of carbonyl (C=O) groups is 2. The maximum atomic E-state index is 12.8. The molecule has 8 heteroatoms. The van der Waals surface area contributed by atoms with Crippen molar-refractivity contribution in [2.45, 2.75) is 43.5 Å². The van der Waals surface area contributed by atoms with Gasteiger partial charge in [-0.25, -0.2) is 8.42 Å². The second-order valence-corrected chi connectivity index (χ2v) is 10.3. The van der Waals surface area contributed by atoms with Gasteiger partial charge in [0.05, 0.1) is 23.4 Å². The molecule has 0 spiro atoms. The van der Waals surface area contributed by atoms with Crippen molar-refractivity contribution in [2.24, 2.45) is 5.92 Å². The first-order valence-corrected chi connectivity index (χ1v) is 12.1. The zero-order valence-electron chi connectivity index (χ0n) is 17.6. The minimum Gasteiger partial charge on any atom is -0.495 e. The highest BCUT2D eigenvalue weighted by molar-refractivity contribution is 7.91. The summed E-state index contributed by atoms with van der Waals surface area (Å²) in [6.45, 7) is 1.98. The van der Waals surface area contributed by atoms with E-state index in [4.69, 9.17) is 4.74 Å². The monoisotopic (exact) mass is 442 g/mol. The van der Waals surface area contributed by atoms with Crippen molar-refractivity contribution >= 4 is 33.0 Å². The fourth-order valence-corrected chi connectivity index (χ4v) is 5.26. The third kappa shape index (κ3) is 4.44. The molecule has 1 saturated carbocycles. The summed E-state index contributed by atoms with van der Waals surface area (Å²) in [5.74, 6) is 0.0572.